The molecule has 0 spiro atoms. The molecule has 3 nitrogen and oxygen atoms in total. The van der Waals surface area contributed by atoms with E-state index >= 15 is 0 Å². The third-order valence-electron chi connectivity index (χ3n) is 2.07. The molecule has 1 aromatic rings. The minimum atomic E-state index is -4.43. The number of hydrogen-bond donors (Lipinski definition) is 1. The average molecular weight is 268 g/mol. The van der Waals surface area contributed by atoms with Gasteiger partial charge in [-0.3, -0.25) is 0 Å². The second-order valence-corrected chi connectivity index (χ2v) is 5.69. The van der Waals surface area contributed by atoms with Crippen molar-refractivity contribution in [3.63, 3.8) is 0 Å². The van der Waals surface area contributed by atoms with Crippen LogP contribution in [-0.4, -0.2) is 25.9 Å². The first kappa shape index (κ1) is 14.0. The Kier molecular flexibility index (Phi) is 4.16. The van der Waals surface area contributed by atoms with E-state index in [-0.39, 0.29) is 11.3 Å². The Morgan fingerprint density at radius 3 is 2.06 bits per heavy atom. The Morgan fingerprint density at radius 2 is 1.65 bits per heavy atom. The lowest BCUT2D eigenvalue weighted by molar-refractivity contribution is -0.137. The van der Waals surface area contributed by atoms with Gasteiger partial charge in [-0.2, -0.15) is 13.2 Å². The highest BCUT2D eigenvalue weighted by Gasteiger charge is 2.30. The molecule has 0 amide bonds. The van der Waals surface area contributed by atoms with Gasteiger partial charge in [0.1, 0.15) is 0 Å². The molecule has 0 unspecified atom stereocenters. The van der Waals surface area contributed by atoms with Gasteiger partial charge in [0.05, 0.1) is 23.7 Å². The fraction of sp³-hybridized carbons (Fsp3) is 0.400. The van der Waals surface area contributed by atoms with Crippen LogP contribution >= 0.6 is 0 Å². The normalized spacial score (nSPS) is 12.7. The number of rotatable bonds is 4. The van der Waals surface area contributed by atoms with Gasteiger partial charge in [0, 0.05) is 0 Å². The smallest absolute Gasteiger partial charge is 0.395 e. The molecule has 1 N–H and O–H groups in total. The van der Waals surface area contributed by atoms with Crippen molar-refractivity contribution in [3.05, 3.63) is 35.4 Å². The van der Waals surface area contributed by atoms with Crippen LogP contribution in [0.5, 0.6) is 0 Å². The van der Waals surface area contributed by atoms with Gasteiger partial charge in [0.15, 0.2) is 9.84 Å². The summed E-state index contributed by atoms with van der Waals surface area (Å²) in [4.78, 5) is 0. The third kappa shape index (κ3) is 4.35. The van der Waals surface area contributed by atoms with Crippen molar-refractivity contribution in [1.82, 2.24) is 0 Å². The standard InChI is InChI=1S/C10H11F3O3S/c11-10(12,13)9-3-1-8(2-4-9)7-17(15,16)6-5-14/h1-4,14H,5-7H2. The molecule has 0 fully saturated rings. The Balaban J connectivity index is 2.83. The lowest BCUT2D eigenvalue weighted by Gasteiger charge is -2.07. The van der Waals surface area contributed by atoms with Crippen molar-refractivity contribution >= 4 is 9.84 Å². The van der Waals surface area contributed by atoms with Crippen LogP contribution < -0.4 is 0 Å². The number of aliphatic hydroxyl groups is 1. The van der Waals surface area contributed by atoms with Gasteiger partial charge in [-0.15, -0.1) is 0 Å². The SMILES string of the molecule is O=S(=O)(CCO)Cc1ccc(C(F)(F)F)cc1. The van der Waals surface area contributed by atoms with Crippen LogP contribution in [0.3, 0.4) is 0 Å². The lowest BCUT2D eigenvalue weighted by Crippen LogP contribution is -2.12. The zero-order valence-corrected chi connectivity index (χ0v) is 9.55. The minimum Gasteiger partial charge on any atom is -0.395 e. The monoisotopic (exact) mass is 268 g/mol. The van der Waals surface area contributed by atoms with E-state index in [2.05, 4.69) is 0 Å². The van der Waals surface area contributed by atoms with Crippen molar-refractivity contribution in [2.75, 3.05) is 12.4 Å². The number of halogens is 3. The number of benzene rings is 1. The topological polar surface area (TPSA) is 54.4 Å². The highest BCUT2D eigenvalue weighted by molar-refractivity contribution is 7.90. The molecule has 17 heavy (non-hydrogen) atoms. The average Bonchev–Trinajstić information content (AvgIpc) is 2.16. The highest BCUT2D eigenvalue weighted by atomic mass is 32.2. The Morgan fingerprint density at radius 1 is 1.12 bits per heavy atom. The summed E-state index contributed by atoms with van der Waals surface area (Å²) in [5, 5.41) is 8.50. The van der Waals surface area contributed by atoms with Gasteiger partial charge in [-0.05, 0) is 17.7 Å². The first-order valence-electron chi connectivity index (χ1n) is 4.72. The van der Waals surface area contributed by atoms with E-state index < -0.39 is 33.9 Å². The fourth-order valence-electron chi connectivity index (χ4n) is 1.26. The molecule has 0 saturated heterocycles. The molecule has 0 saturated carbocycles. The minimum absolute atomic E-state index is 0.270. The van der Waals surface area contributed by atoms with Crippen LogP contribution in [0, 0.1) is 0 Å². The molecule has 7 heteroatoms. The zero-order valence-electron chi connectivity index (χ0n) is 8.74. The van der Waals surface area contributed by atoms with Crippen molar-refractivity contribution in [3.8, 4) is 0 Å². The van der Waals surface area contributed by atoms with Crippen molar-refractivity contribution in [1.29, 1.82) is 0 Å². The van der Waals surface area contributed by atoms with Crippen molar-refractivity contribution < 1.29 is 26.7 Å². The summed E-state index contributed by atoms with van der Waals surface area (Å²) in [6, 6.07) is 3.92. The quantitative estimate of drug-likeness (QED) is 0.902. The molecule has 0 aliphatic heterocycles. The van der Waals surface area contributed by atoms with Gasteiger partial charge in [-0.1, -0.05) is 12.1 Å². The van der Waals surface area contributed by atoms with Crippen molar-refractivity contribution in [2.24, 2.45) is 0 Å². The molecule has 0 radical (unpaired) electrons. The van der Waals surface area contributed by atoms with Gasteiger partial charge < -0.3 is 5.11 Å². The summed E-state index contributed by atoms with van der Waals surface area (Å²) in [6.45, 7) is -0.497. The summed E-state index contributed by atoms with van der Waals surface area (Å²) in [5.74, 6) is -0.764. The van der Waals surface area contributed by atoms with E-state index in [1.54, 1.807) is 0 Å². The van der Waals surface area contributed by atoms with Gasteiger partial charge in [0.2, 0.25) is 0 Å². The molecular weight excluding hydrogens is 257 g/mol. The van der Waals surface area contributed by atoms with E-state index in [1.807, 2.05) is 0 Å². The zero-order chi connectivity index (χ0) is 13.1. The first-order valence-corrected chi connectivity index (χ1v) is 6.54. The fourth-order valence-corrected chi connectivity index (χ4v) is 2.38. The maximum absolute atomic E-state index is 12.2. The Labute approximate surface area is 96.8 Å². The predicted octanol–water partition coefficient (Wildman–Crippen LogP) is 1.61. The third-order valence-corrected chi connectivity index (χ3v) is 3.65. The summed E-state index contributed by atoms with van der Waals surface area (Å²) in [7, 11) is -3.46. The van der Waals surface area contributed by atoms with Crippen LogP contribution in [0.1, 0.15) is 11.1 Å². The summed E-state index contributed by atoms with van der Waals surface area (Å²) >= 11 is 0. The number of hydrogen-bond acceptors (Lipinski definition) is 3. The number of aliphatic hydroxyl groups excluding tert-OH is 1. The summed E-state index contributed by atoms with van der Waals surface area (Å²) < 4.78 is 59.3. The Hall–Kier alpha value is -1.08. The highest BCUT2D eigenvalue weighted by Crippen LogP contribution is 2.29. The second-order valence-electron chi connectivity index (χ2n) is 3.51. The van der Waals surface area contributed by atoms with Crippen LogP contribution in [0.25, 0.3) is 0 Å². The van der Waals surface area contributed by atoms with E-state index in [9.17, 15) is 21.6 Å². The molecule has 0 heterocycles. The molecule has 0 bridgehead atoms. The largest absolute Gasteiger partial charge is 0.416 e. The van der Waals surface area contributed by atoms with E-state index in [1.165, 1.54) is 0 Å². The van der Waals surface area contributed by atoms with Crippen LogP contribution in [0.4, 0.5) is 13.2 Å². The molecule has 96 valence electrons. The van der Waals surface area contributed by atoms with Gasteiger partial charge >= 0.3 is 6.18 Å². The predicted molar refractivity (Wildman–Crippen MR) is 56.0 cm³/mol. The molecule has 1 aromatic carbocycles. The van der Waals surface area contributed by atoms with Gasteiger partial charge in [0.25, 0.3) is 0 Å². The summed E-state index contributed by atoms with van der Waals surface area (Å²) in [5.41, 5.74) is -0.549. The molecule has 1 rings (SSSR count). The maximum atomic E-state index is 12.2. The molecular formula is C10H11F3O3S. The van der Waals surface area contributed by atoms with E-state index in [0.29, 0.717) is 0 Å². The number of sulfone groups is 1. The Bertz CT molecular complexity index is 463. The lowest BCUT2D eigenvalue weighted by atomic mass is 10.1. The number of alkyl halides is 3. The molecule has 0 aliphatic carbocycles. The van der Waals surface area contributed by atoms with Gasteiger partial charge in [-0.25, -0.2) is 8.42 Å². The first-order chi connectivity index (χ1) is 7.74. The van der Waals surface area contributed by atoms with Crippen LogP contribution in [-0.2, 0) is 21.8 Å². The van der Waals surface area contributed by atoms with Crippen LogP contribution in [0.15, 0.2) is 24.3 Å². The molecule has 0 aliphatic rings. The molecule has 0 atom stereocenters. The second kappa shape index (κ2) is 5.05. The maximum Gasteiger partial charge on any atom is 0.416 e. The van der Waals surface area contributed by atoms with Crippen molar-refractivity contribution in [2.45, 2.75) is 11.9 Å². The van der Waals surface area contributed by atoms with E-state index in [4.69, 9.17) is 5.11 Å². The molecule has 0 aromatic heterocycles. The summed E-state index contributed by atoms with van der Waals surface area (Å²) in [6.07, 6.45) is -4.43. The van der Waals surface area contributed by atoms with E-state index in [0.717, 1.165) is 24.3 Å². The van der Waals surface area contributed by atoms with Crippen LogP contribution in [0.2, 0.25) is 0 Å².